The summed E-state index contributed by atoms with van der Waals surface area (Å²) >= 11 is 6.41. The van der Waals surface area contributed by atoms with Gasteiger partial charge in [-0.05, 0) is 25.7 Å². The maximum Gasteiger partial charge on any atom is 0.246 e. The van der Waals surface area contributed by atoms with Crippen LogP contribution < -0.4 is 0 Å². The number of carbonyl (C=O) groups excluding carboxylic acids is 1. The zero-order chi connectivity index (χ0) is 13.2. The van der Waals surface area contributed by atoms with Crippen LogP contribution in [-0.4, -0.2) is 33.4 Å². The molecular formula is C14H20ClN3O. The summed E-state index contributed by atoms with van der Waals surface area (Å²) in [6.07, 6.45) is 10.5. The highest BCUT2D eigenvalue weighted by Gasteiger charge is 2.31. The quantitative estimate of drug-likeness (QED) is 0.799. The molecule has 1 aliphatic heterocycles. The number of hydrogen-bond acceptors (Lipinski definition) is 2. The highest BCUT2D eigenvalue weighted by atomic mass is 35.5. The van der Waals surface area contributed by atoms with E-state index in [0.717, 1.165) is 31.6 Å². The van der Waals surface area contributed by atoms with Crippen molar-refractivity contribution >= 4 is 17.5 Å². The second-order valence-corrected chi connectivity index (χ2v) is 6.00. The van der Waals surface area contributed by atoms with E-state index in [1.54, 1.807) is 12.5 Å². The first-order valence-corrected chi connectivity index (χ1v) is 7.65. The first kappa shape index (κ1) is 13.0. The van der Waals surface area contributed by atoms with Gasteiger partial charge in [0.25, 0.3) is 0 Å². The number of halogens is 1. The minimum Gasteiger partial charge on any atom is -0.341 e. The van der Waals surface area contributed by atoms with Crippen LogP contribution in [0.15, 0.2) is 12.5 Å². The number of imidazole rings is 1. The molecule has 0 spiro atoms. The molecule has 4 nitrogen and oxygen atoms in total. The fourth-order valence-corrected chi connectivity index (χ4v) is 3.05. The molecule has 1 saturated heterocycles. The van der Waals surface area contributed by atoms with Crippen LogP contribution >= 0.6 is 11.6 Å². The fraction of sp³-hybridized carbons (Fsp3) is 0.714. The molecule has 1 aliphatic carbocycles. The van der Waals surface area contributed by atoms with E-state index in [0.29, 0.717) is 6.04 Å². The van der Waals surface area contributed by atoms with Crippen LogP contribution in [0.1, 0.15) is 55.6 Å². The summed E-state index contributed by atoms with van der Waals surface area (Å²) in [5, 5.41) is -0.582. The summed E-state index contributed by atoms with van der Waals surface area (Å²) in [7, 11) is 0. The van der Waals surface area contributed by atoms with Gasteiger partial charge < -0.3 is 9.47 Å². The van der Waals surface area contributed by atoms with Crippen LogP contribution in [0.2, 0.25) is 0 Å². The molecule has 2 aliphatic rings. The van der Waals surface area contributed by atoms with Crippen molar-refractivity contribution in [3.63, 3.8) is 0 Å². The zero-order valence-electron chi connectivity index (χ0n) is 11.1. The molecule has 19 heavy (non-hydrogen) atoms. The average Bonchev–Trinajstić information content (AvgIpc) is 3.21. The summed E-state index contributed by atoms with van der Waals surface area (Å²) in [6.45, 7) is 1.69. The highest BCUT2D eigenvalue weighted by molar-refractivity contribution is 6.30. The van der Waals surface area contributed by atoms with Crippen molar-refractivity contribution < 1.29 is 4.79 Å². The van der Waals surface area contributed by atoms with Crippen molar-refractivity contribution in [2.24, 2.45) is 0 Å². The van der Waals surface area contributed by atoms with Gasteiger partial charge in [0, 0.05) is 19.1 Å². The van der Waals surface area contributed by atoms with Gasteiger partial charge in [0.1, 0.15) is 0 Å². The molecule has 1 aromatic heterocycles. The molecule has 0 aromatic carbocycles. The van der Waals surface area contributed by atoms with E-state index in [-0.39, 0.29) is 5.91 Å². The van der Waals surface area contributed by atoms with Gasteiger partial charge in [-0.3, -0.25) is 4.79 Å². The summed E-state index contributed by atoms with van der Waals surface area (Å²) in [5.74, 6) is 0.0472. The summed E-state index contributed by atoms with van der Waals surface area (Å²) in [5.41, 5.74) is 0.860. The van der Waals surface area contributed by atoms with E-state index in [4.69, 9.17) is 11.6 Å². The number of hydrogen-bond donors (Lipinski definition) is 0. The Kier molecular flexibility index (Phi) is 3.78. The number of likely N-dealkylation sites (tertiary alicyclic amines) is 1. The molecule has 3 rings (SSSR count). The Morgan fingerprint density at radius 2 is 1.95 bits per heavy atom. The van der Waals surface area contributed by atoms with Gasteiger partial charge in [-0.25, -0.2) is 4.98 Å². The van der Waals surface area contributed by atoms with Gasteiger partial charge in [-0.15, -0.1) is 11.6 Å². The van der Waals surface area contributed by atoms with Crippen molar-refractivity contribution in [1.29, 1.82) is 0 Å². The predicted molar refractivity (Wildman–Crippen MR) is 74.1 cm³/mol. The monoisotopic (exact) mass is 281 g/mol. The minimum atomic E-state index is -0.582. The first-order chi connectivity index (χ1) is 9.27. The van der Waals surface area contributed by atoms with Gasteiger partial charge >= 0.3 is 0 Å². The molecule has 0 radical (unpaired) electrons. The number of alkyl halides is 1. The second kappa shape index (κ2) is 5.53. The van der Waals surface area contributed by atoms with E-state index < -0.39 is 5.38 Å². The van der Waals surface area contributed by atoms with E-state index in [9.17, 15) is 4.79 Å². The Morgan fingerprint density at radius 1 is 1.26 bits per heavy atom. The van der Waals surface area contributed by atoms with Crippen LogP contribution in [0.4, 0.5) is 0 Å². The van der Waals surface area contributed by atoms with Crippen molar-refractivity contribution in [1.82, 2.24) is 14.5 Å². The Labute approximate surface area is 118 Å². The molecule has 2 heterocycles. The molecule has 2 fully saturated rings. The van der Waals surface area contributed by atoms with Gasteiger partial charge in [-0.1, -0.05) is 12.8 Å². The molecule has 0 bridgehead atoms. The van der Waals surface area contributed by atoms with Crippen molar-refractivity contribution in [3.05, 3.63) is 18.2 Å². The number of aromatic nitrogens is 2. The standard InChI is InChI=1S/C14H20ClN3O/c15-13(12-9-16-10-18(12)11-5-6-11)14(19)17-7-3-1-2-4-8-17/h9-11,13H,1-8H2. The SMILES string of the molecule is O=C(C(Cl)c1cncn1C1CC1)N1CCCCCC1. The average molecular weight is 282 g/mol. The topological polar surface area (TPSA) is 38.1 Å². The lowest BCUT2D eigenvalue weighted by Crippen LogP contribution is -2.34. The Balaban J connectivity index is 1.72. The summed E-state index contributed by atoms with van der Waals surface area (Å²) < 4.78 is 2.08. The molecule has 0 N–H and O–H groups in total. The lowest BCUT2D eigenvalue weighted by atomic mass is 10.2. The fourth-order valence-electron chi connectivity index (χ4n) is 2.75. The van der Waals surface area contributed by atoms with Crippen molar-refractivity contribution in [2.45, 2.75) is 49.9 Å². The Morgan fingerprint density at radius 3 is 2.58 bits per heavy atom. The molecule has 1 unspecified atom stereocenters. The third-order valence-corrected chi connectivity index (χ3v) is 4.44. The van der Waals surface area contributed by atoms with Gasteiger partial charge in [0.05, 0.1) is 18.2 Å². The summed E-state index contributed by atoms with van der Waals surface area (Å²) in [4.78, 5) is 18.6. The second-order valence-electron chi connectivity index (χ2n) is 5.56. The molecule has 1 aromatic rings. The third kappa shape index (κ3) is 2.78. The highest BCUT2D eigenvalue weighted by Crippen LogP contribution is 2.38. The lowest BCUT2D eigenvalue weighted by Gasteiger charge is -2.23. The van der Waals surface area contributed by atoms with Crippen molar-refractivity contribution in [3.8, 4) is 0 Å². The van der Waals surface area contributed by atoms with Crippen LogP contribution in [-0.2, 0) is 4.79 Å². The normalized spacial score (nSPS) is 22.1. The number of nitrogens with zero attached hydrogens (tertiary/aromatic N) is 3. The maximum atomic E-state index is 12.5. The van der Waals surface area contributed by atoms with Gasteiger partial charge in [0.2, 0.25) is 5.91 Å². The predicted octanol–water partition coefficient (Wildman–Crippen LogP) is 2.90. The summed E-state index contributed by atoms with van der Waals surface area (Å²) in [6, 6.07) is 0.510. The van der Waals surface area contributed by atoms with Crippen LogP contribution in [0.25, 0.3) is 0 Å². The zero-order valence-corrected chi connectivity index (χ0v) is 11.9. The Bertz CT molecular complexity index is 447. The molecule has 1 amide bonds. The number of carbonyl (C=O) groups is 1. The van der Waals surface area contributed by atoms with E-state index >= 15 is 0 Å². The lowest BCUT2D eigenvalue weighted by molar-refractivity contribution is -0.131. The van der Waals surface area contributed by atoms with Gasteiger partial charge in [0.15, 0.2) is 5.38 Å². The van der Waals surface area contributed by atoms with E-state index in [2.05, 4.69) is 9.55 Å². The van der Waals surface area contributed by atoms with E-state index in [1.807, 2.05) is 4.90 Å². The van der Waals surface area contributed by atoms with Crippen LogP contribution in [0, 0.1) is 0 Å². The van der Waals surface area contributed by atoms with E-state index in [1.165, 1.54) is 25.7 Å². The molecular weight excluding hydrogens is 262 g/mol. The number of amides is 1. The van der Waals surface area contributed by atoms with Gasteiger partial charge in [-0.2, -0.15) is 0 Å². The largest absolute Gasteiger partial charge is 0.341 e. The molecule has 5 heteroatoms. The number of rotatable bonds is 3. The molecule has 1 atom stereocenters. The maximum absolute atomic E-state index is 12.5. The molecule has 1 saturated carbocycles. The smallest absolute Gasteiger partial charge is 0.246 e. The first-order valence-electron chi connectivity index (χ1n) is 7.22. The molecule has 104 valence electrons. The van der Waals surface area contributed by atoms with Crippen LogP contribution in [0.3, 0.4) is 0 Å². The minimum absolute atomic E-state index is 0.0472. The third-order valence-electron chi connectivity index (χ3n) is 4.03. The van der Waals surface area contributed by atoms with Crippen molar-refractivity contribution in [2.75, 3.05) is 13.1 Å². The Hall–Kier alpha value is -1.03. The van der Waals surface area contributed by atoms with Crippen LogP contribution in [0.5, 0.6) is 0 Å².